The van der Waals surface area contributed by atoms with Crippen molar-refractivity contribution in [3.8, 4) is 0 Å². The van der Waals surface area contributed by atoms with Crippen molar-refractivity contribution in [1.29, 1.82) is 0 Å². The lowest BCUT2D eigenvalue weighted by Gasteiger charge is -2.01. The Bertz CT molecular complexity index is 196. The SMILES string of the molecule is CCC(=O)NC/C(N)=C/C=C\N. The standard InChI is InChI=1S/C8H15N3O/c1-2-8(12)11-6-7(10)4-3-5-9/h3-5H,2,6,9-10H2,1H3,(H,11,12)/b5-3-,7-4-. The molecular formula is C8H15N3O. The molecule has 5 N–H and O–H groups in total. The molecule has 0 aliphatic carbocycles. The zero-order valence-corrected chi connectivity index (χ0v) is 7.21. The van der Waals surface area contributed by atoms with Crippen molar-refractivity contribution >= 4 is 5.91 Å². The Morgan fingerprint density at radius 1 is 1.58 bits per heavy atom. The molecule has 0 aromatic rings. The summed E-state index contributed by atoms with van der Waals surface area (Å²) < 4.78 is 0. The summed E-state index contributed by atoms with van der Waals surface area (Å²) in [6.45, 7) is 2.16. The van der Waals surface area contributed by atoms with Crippen LogP contribution in [0.2, 0.25) is 0 Å². The van der Waals surface area contributed by atoms with Crippen LogP contribution in [0.1, 0.15) is 13.3 Å². The fraction of sp³-hybridized carbons (Fsp3) is 0.375. The van der Waals surface area contributed by atoms with Gasteiger partial charge in [-0.3, -0.25) is 4.79 Å². The first kappa shape index (κ1) is 10.6. The predicted molar refractivity (Wildman–Crippen MR) is 48.9 cm³/mol. The highest BCUT2D eigenvalue weighted by Crippen LogP contribution is 1.83. The maximum absolute atomic E-state index is 10.8. The van der Waals surface area contributed by atoms with Crippen molar-refractivity contribution in [2.75, 3.05) is 6.54 Å². The molecule has 0 aliphatic rings. The Balaban J connectivity index is 3.70. The molecule has 1 amide bonds. The summed E-state index contributed by atoms with van der Waals surface area (Å²) >= 11 is 0. The van der Waals surface area contributed by atoms with E-state index in [1.165, 1.54) is 6.20 Å². The van der Waals surface area contributed by atoms with Gasteiger partial charge in [-0.05, 0) is 18.4 Å². The highest BCUT2D eigenvalue weighted by atomic mass is 16.1. The molecular weight excluding hydrogens is 154 g/mol. The molecule has 0 radical (unpaired) electrons. The summed E-state index contributed by atoms with van der Waals surface area (Å²) in [6, 6.07) is 0. The number of nitrogens with two attached hydrogens (primary N) is 2. The Hall–Kier alpha value is -1.45. The van der Waals surface area contributed by atoms with Crippen molar-refractivity contribution < 1.29 is 4.79 Å². The van der Waals surface area contributed by atoms with Crippen LogP contribution in [-0.4, -0.2) is 12.5 Å². The van der Waals surface area contributed by atoms with Crippen LogP contribution < -0.4 is 16.8 Å². The summed E-state index contributed by atoms with van der Waals surface area (Å²) in [6.07, 6.45) is 5.12. The van der Waals surface area contributed by atoms with Gasteiger partial charge in [0.05, 0.1) is 6.54 Å². The highest BCUT2D eigenvalue weighted by Gasteiger charge is 1.94. The second-order valence-electron chi connectivity index (χ2n) is 2.26. The molecule has 0 unspecified atom stereocenters. The molecule has 0 bridgehead atoms. The number of carbonyl (C=O) groups is 1. The average molecular weight is 169 g/mol. The first-order valence-corrected chi connectivity index (χ1v) is 3.80. The summed E-state index contributed by atoms with van der Waals surface area (Å²) in [7, 11) is 0. The van der Waals surface area contributed by atoms with Gasteiger partial charge < -0.3 is 16.8 Å². The predicted octanol–water partition coefficient (Wildman–Crippen LogP) is -0.172. The lowest BCUT2D eigenvalue weighted by atomic mass is 10.3. The number of hydrogen-bond acceptors (Lipinski definition) is 3. The maximum atomic E-state index is 10.8. The van der Waals surface area contributed by atoms with Crippen molar-refractivity contribution in [2.24, 2.45) is 11.5 Å². The second kappa shape index (κ2) is 6.27. The van der Waals surface area contributed by atoms with Crippen molar-refractivity contribution in [1.82, 2.24) is 5.32 Å². The van der Waals surface area contributed by atoms with E-state index in [0.717, 1.165) is 0 Å². The first-order chi connectivity index (χ1) is 5.70. The van der Waals surface area contributed by atoms with E-state index in [1.807, 2.05) is 0 Å². The molecule has 4 heteroatoms. The van der Waals surface area contributed by atoms with E-state index in [0.29, 0.717) is 18.7 Å². The Morgan fingerprint density at radius 3 is 2.75 bits per heavy atom. The summed E-state index contributed by atoms with van der Waals surface area (Å²) in [4.78, 5) is 10.8. The van der Waals surface area contributed by atoms with Crippen LogP contribution in [0.15, 0.2) is 24.0 Å². The van der Waals surface area contributed by atoms with Crippen LogP contribution in [0.4, 0.5) is 0 Å². The fourth-order valence-corrected chi connectivity index (χ4v) is 0.564. The minimum absolute atomic E-state index is 0.0110. The molecule has 0 aromatic heterocycles. The Kier molecular flexibility index (Phi) is 5.51. The van der Waals surface area contributed by atoms with Crippen molar-refractivity contribution in [2.45, 2.75) is 13.3 Å². The molecule has 0 aromatic carbocycles. The number of amides is 1. The van der Waals surface area contributed by atoms with Gasteiger partial charge >= 0.3 is 0 Å². The normalized spacial score (nSPS) is 11.9. The molecule has 0 spiro atoms. The Labute approximate surface area is 72.3 Å². The van der Waals surface area contributed by atoms with Gasteiger partial charge in [-0.15, -0.1) is 0 Å². The van der Waals surface area contributed by atoms with Crippen molar-refractivity contribution in [3.63, 3.8) is 0 Å². The van der Waals surface area contributed by atoms with E-state index in [1.54, 1.807) is 19.1 Å². The summed E-state index contributed by atoms with van der Waals surface area (Å²) in [5.41, 5.74) is 11.2. The third kappa shape index (κ3) is 5.34. The quantitative estimate of drug-likeness (QED) is 0.511. The molecule has 0 heterocycles. The molecule has 0 saturated heterocycles. The number of rotatable bonds is 4. The van der Waals surface area contributed by atoms with E-state index in [-0.39, 0.29) is 5.91 Å². The van der Waals surface area contributed by atoms with Crippen LogP contribution in [-0.2, 0) is 4.79 Å². The van der Waals surface area contributed by atoms with E-state index >= 15 is 0 Å². The van der Waals surface area contributed by atoms with Gasteiger partial charge in [-0.1, -0.05) is 6.92 Å². The second-order valence-corrected chi connectivity index (χ2v) is 2.26. The average Bonchev–Trinajstić information content (AvgIpc) is 2.10. The lowest BCUT2D eigenvalue weighted by Crippen LogP contribution is -2.26. The molecule has 0 fully saturated rings. The molecule has 0 rings (SSSR count). The smallest absolute Gasteiger partial charge is 0.220 e. The minimum atomic E-state index is -0.0110. The van der Waals surface area contributed by atoms with Gasteiger partial charge in [0.25, 0.3) is 0 Å². The largest absolute Gasteiger partial charge is 0.405 e. The third-order valence-corrected chi connectivity index (χ3v) is 1.23. The van der Waals surface area contributed by atoms with Crippen LogP contribution in [0.5, 0.6) is 0 Å². The maximum Gasteiger partial charge on any atom is 0.220 e. The van der Waals surface area contributed by atoms with Crippen LogP contribution >= 0.6 is 0 Å². The van der Waals surface area contributed by atoms with Gasteiger partial charge in [0, 0.05) is 12.1 Å². The molecule has 0 atom stereocenters. The van der Waals surface area contributed by atoms with Crippen molar-refractivity contribution in [3.05, 3.63) is 24.0 Å². The summed E-state index contributed by atoms with van der Waals surface area (Å²) in [5, 5.41) is 2.63. The molecule has 68 valence electrons. The van der Waals surface area contributed by atoms with Gasteiger partial charge in [0.15, 0.2) is 0 Å². The summed E-state index contributed by atoms with van der Waals surface area (Å²) in [5.74, 6) is -0.0110. The Morgan fingerprint density at radius 2 is 2.25 bits per heavy atom. The van der Waals surface area contributed by atoms with E-state index in [9.17, 15) is 4.79 Å². The number of hydrogen-bond donors (Lipinski definition) is 3. The van der Waals surface area contributed by atoms with Gasteiger partial charge in [-0.25, -0.2) is 0 Å². The van der Waals surface area contributed by atoms with E-state index in [4.69, 9.17) is 11.5 Å². The number of carbonyl (C=O) groups excluding carboxylic acids is 1. The van der Waals surface area contributed by atoms with Crippen LogP contribution in [0.3, 0.4) is 0 Å². The monoisotopic (exact) mass is 169 g/mol. The number of allylic oxidation sites excluding steroid dienone is 2. The molecule has 0 saturated carbocycles. The lowest BCUT2D eigenvalue weighted by molar-refractivity contribution is -0.120. The zero-order chi connectivity index (χ0) is 9.40. The van der Waals surface area contributed by atoms with Crippen LogP contribution in [0, 0.1) is 0 Å². The third-order valence-electron chi connectivity index (χ3n) is 1.23. The minimum Gasteiger partial charge on any atom is -0.405 e. The van der Waals surface area contributed by atoms with Gasteiger partial charge in [0.1, 0.15) is 0 Å². The molecule has 12 heavy (non-hydrogen) atoms. The first-order valence-electron chi connectivity index (χ1n) is 3.80. The highest BCUT2D eigenvalue weighted by molar-refractivity contribution is 5.75. The topological polar surface area (TPSA) is 81.1 Å². The fourth-order valence-electron chi connectivity index (χ4n) is 0.564. The molecule has 4 nitrogen and oxygen atoms in total. The number of nitrogens with one attached hydrogen (secondary N) is 1. The van der Waals surface area contributed by atoms with E-state index < -0.39 is 0 Å². The zero-order valence-electron chi connectivity index (χ0n) is 7.21. The van der Waals surface area contributed by atoms with Crippen LogP contribution in [0.25, 0.3) is 0 Å². The van der Waals surface area contributed by atoms with Gasteiger partial charge in [0.2, 0.25) is 5.91 Å². The van der Waals surface area contributed by atoms with E-state index in [2.05, 4.69) is 5.32 Å². The molecule has 0 aliphatic heterocycles. The van der Waals surface area contributed by atoms with Gasteiger partial charge in [-0.2, -0.15) is 0 Å².